The van der Waals surface area contributed by atoms with Gasteiger partial charge < -0.3 is 9.47 Å². The van der Waals surface area contributed by atoms with E-state index in [4.69, 9.17) is 9.47 Å². The van der Waals surface area contributed by atoms with Gasteiger partial charge in [-0.25, -0.2) is 0 Å². The first kappa shape index (κ1) is 23.1. The fraction of sp³-hybridized carbons (Fsp3) is 0.385. The molecule has 3 rings (SSSR count). The Morgan fingerprint density at radius 3 is 2.00 bits per heavy atom. The van der Waals surface area contributed by atoms with Crippen LogP contribution in [-0.2, 0) is 15.9 Å². The smallest absolute Gasteiger partial charge is 0.232 e. The highest BCUT2D eigenvalue weighted by Gasteiger charge is 2.35. The van der Waals surface area contributed by atoms with Crippen LogP contribution in [-0.4, -0.2) is 24.8 Å². The lowest BCUT2D eigenvalue weighted by Crippen LogP contribution is -2.25. The number of carbonyl (C=O) groups excluding carboxylic acids is 2. The summed E-state index contributed by atoms with van der Waals surface area (Å²) in [6.45, 7) is 7.01. The molecule has 2 aromatic rings. The third-order valence-corrected chi connectivity index (χ3v) is 6.28. The van der Waals surface area contributed by atoms with Gasteiger partial charge in [0.05, 0.1) is 13.2 Å². The summed E-state index contributed by atoms with van der Waals surface area (Å²) in [6, 6.07) is 13.7. The molecular formula is C26H30O4S. The molecule has 0 saturated carbocycles. The molecule has 0 bridgehead atoms. The Morgan fingerprint density at radius 1 is 0.774 bits per heavy atom. The summed E-state index contributed by atoms with van der Waals surface area (Å²) in [5, 5.41) is 0. The van der Waals surface area contributed by atoms with E-state index in [0.29, 0.717) is 24.3 Å². The maximum atomic E-state index is 13.3. The zero-order valence-electron chi connectivity index (χ0n) is 18.5. The van der Waals surface area contributed by atoms with Crippen molar-refractivity contribution in [2.24, 2.45) is 0 Å². The SMILES string of the molecule is CCCCOC1=C(OCCCC)C(=O)c2cc(Sc3ccccc3CC)ccc2C1=O. The highest BCUT2D eigenvalue weighted by molar-refractivity contribution is 7.99. The second kappa shape index (κ2) is 11.2. The monoisotopic (exact) mass is 438 g/mol. The van der Waals surface area contributed by atoms with Crippen LogP contribution >= 0.6 is 11.8 Å². The molecule has 0 unspecified atom stereocenters. The first-order valence-corrected chi connectivity index (χ1v) is 11.9. The van der Waals surface area contributed by atoms with Crippen LogP contribution in [0.1, 0.15) is 72.7 Å². The molecule has 0 aliphatic heterocycles. The average molecular weight is 439 g/mol. The minimum Gasteiger partial charge on any atom is -0.486 e. The van der Waals surface area contributed by atoms with E-state index in [0.717, 1.165) is 41.9 Å². The van der Waals surface area contributed by atoms with E-state index in [-0.39, 0.29) is 23.1 Å². The van der Waals surface area contributed by atoms with Gasteiger partial charge in [0.15, 0.2) is 0 Å². The molecule has 31 heavy (non-hydrogen) atoms. The number of fused-ring (bicyclic) bond motifs is 1. The van der Waals surface area contributed by atoms with Crippen LogP contribution in [0.5, 0.6) is 0 Å². The minimum atomic E-state index is -0.275. The number of unbranched alkanes of at least 4 members (excludes halogenated alkanes) is 2. The molecule has 0 heterocycles. The number of allylic oxidation sites excluding steroid dienone is 2. The van der Waals surface area contributed by atoms with Crippen molar-refractivity contribution in [3.8, 4) is 0 Å². The van der Waals surface area contributed by atoms with E-state index in [9.17, 15) is 9.59 Å². The molecule has 0 amide bonds. The summed E-state index contributed by atoms with van der Waals surface area (Å²) in [5.74, 6) is -0.442. The molecular weight excluding hydrogens is 408 g/mol. The van der Waals surface area contributed by atoms with Crippen LogP contribution in [0.4, 0.5) is 0 Å². The predicted octanol–water partition coefficient (Wildman–Crippen LogP) is 6.62. The largest absolute Gasteiger partial charge is 0.486 e. The zero-order valence-corrected chi connectivity index (χ0v) is 19.3. The van der Waals surface area contributed by atoms with Gasteiger partial charge >= 0.3 is 0 Å². The maximum Gasteiger partial charge on any atom is 0.232 e. The summed E-state index contributed by atoms with van der Waals surface area (Å²) in [7, 11) is 0. The zero-order chi connectivity index (χ0) is 22.2. The molecule has 0 radical (unpaired) electrons. The van der Waals surface area contributed by atoms with Crippen LogP contribution in [0.3, 0.4) is 0 Å². The second-order valence-electron chi connectivity index (χ2n) is 7.49. The molecule has 0 aromatic heterocycles. The van der Waals surface area contributed by atoms with Crippen molar-refractivity contribution in [2.45, 2.75) is 62.7 Å². The van der Waals surface area contributed by atoms with Crippen LogP contribution in [0.15, 0.2) is 63.8 Å². The van der Waals surface area contributed by atoms with Gasteiger partial charge in [0, 0.05) is 20.9 Å². The number of rotatable bonds is 11. The van der Waals surface area contributed by atoms with Gasteiger partial charge in [0.25, 0.3) is 0 Å². The maximum absolute atomic E-state index is 13.3. The molecule has 1 aliphatic carbocycles. The number of aryl methyl sites for hydroxylation is 1. The number of ketones is 2. The molecule has 2 aromatic carbocycles. The minimum absolute atomic E-state index is 0.0539. The molecule has 0 spiro atoms. The Labute approximate surface area is 189 Å². The van der Waals surface area contributed by atoms with Gasteiger partial charge in [-0.15, -0.1) is 0 Å². The summed E-state index contributed by atoms with van der Waals surface area (Å²) in [4.78, 5) is 28.5. The van der Waals surface area contributed by atoms with Crippen molar-refractivity contribution < 1.29 is 19.1 Å². The highest BCUT2D eigenvalue weighted by atomic mass is 32.2. The van der Waals surface area contributed by atoms with Gasteiger partial charge in [0.1, 0.15) is 0 Å². The van der Waals surface area contributed by atoms with Crippen molar-refractivity contribution in [2.75, 3.05) is 13.2 Å². The molecule has 0 saturated heterocycles. The Kier molecular flexibility index (Phi) is 8.35. The fourth-order valence-corrected chi connectivity index (χ4v) is 4.40. The quantitative estimate of drug-likeness (QED) is 0.369. The number of carbonyl (C=O) groups is 2. The van der Waals surface area contributed by atoms with Crippen LogP contribution < -0.4 is 0 Å². The summed E-state index contributed by atoms with van der Waals surface area (Å²) >= 11 is 1.60. The Morgan fingerprint density at radius 2 is 1.39 bits per heavy atom. The Hall–Kier alpha value is -2.53. The van der Waals surface area contributed by atoms with Gasteiger partial charge in [-0.2, -0.15) is 0 Å². The van der Waals surface area contributed by atoms with Crippen LogP contribution in [0.25, 0.3) is 0 Å². The van der Waals surface area contributed by atoms with Gasteiger partial charge in [-0.05, 0) is 49.1 Å². The number of hydrogen-bond acceptors (Lipinski definition) is 5. The van der Waals surface area contributed by atoms with Gasteiger partial charge in [0.2, 0.25) is 23.1 Å². The molecule has 0 fully saturated rings. The average Bonchev–Trinajstić information content (AvgIpc) is 2.79. The van der Waals surface area contributed by atoms with Gasteiger partial charge in [-0.3, -0.25) is 9.59 Å². The van der Waals surface area contributed by atoms with Gasteiger partial charge in [-0.1, -0.05) is 63.6 Å². The van der Waals surface area contributed by atoms with Crippen molar-refractivity contribution in [1.29, 1.82) is 0 Å². The van der Waals surface area contributed by atoms with E-state index in [1.807, 2.05) is 18.2 Å². The predicted molar refractivity (Wildman–Crippen MR) is 124 cm³/mol. The van der Waals surface area contributed by atoms with E-state index in [1.165, 1.54) is 5.56 Å². The van der Waals surface area contributed by atoms with Crippen LogP contribution in [0, 0.1) is 0 Å². The van der Waals surface area contributed by atoms with Crippen molar-refractivity contribution >= 4 is 23.3 Å². The van der Waals surface area contributed by atoms with Crippen molar-refractivity contribution in [3.05, 3.63) is 70.7 Å². The molecule has 164 valence electrons. The highest BCUT2D eigenvalue weighted by Crippen LogP contribution is 2.35. The van der Waals surface area contributed by atoms with Crippen LogP contribution in [0.2, 0.25) is 0 Å². The molecule has 0 N–H and O–H groups in total. The van der Waals surface area contributed by atoms with E-state index < -0.39 is 0 Å². The summed E-state index contributed by atoms with van der Waals surface area (Å²) < 4.78 is 11.5. The normalized spacial score (nSPS) is 13.4. The standard InChI is InChI=1S/C26H30O4S/c1-4-7-15-29-25-23(27)20-14-13-19(31-22-12-10-9-11-18(22)6-3)17-21(20)24(28)26(25)30-16-8-5-2/h9-14,17H,4-8,15-16H2,1-3H3. The first-order chi connectivity index (χ1) is 15.1. The molecule has 0 atom stereocenters. The number of Topliss-reactive ketones (excluding diaryl/α,β-unsaturated/α-hetero) is 2. The number of ether oxygens (including phenoxy) is 2. The summed E-state index contributed by atoms with van der Waals surface area (Å²) in [6.07, 6.45) is 4.44. The van der Waals surface area contributed by atoms with E-state index in [1.54, 1.807) is 23.9 Å². The first-order valence-electron chi connectivity index (χ1n) is 11.1. The topological polar surface area (TPSA) is 52.6 Å². The molecule has 4 nitrogen and oxygen atoms in total. The Balaban J connectivity index is 1.93. The second-order valence-corrected chi connectivity index (χ2v) is 8.61. The third-order valence-electron chi connectivity index (χ3n) is 5.17. The lowest BCUT2D eigenvalue weighted by molar-refractivity contribution is 0.0746. The van der Waals surface area contributed by atoms with E-state index >= 15 is 0 Å². The van der Waals surface area contributed by atoms with Crippen molar-refractivity contribution in [1.82, 2.24) is 0 Å². The van der Waals surface area contributed by atoms with Crippen molar-refractivity contribution in [3.63, 3.8) is 0 Å². The number of benzene rings is 2. The fourth-order valence-electron chi connectivity index (χ4n) is 3.35. The summed E-state index contributed by atoms with van der Waals surface area (Å²) in [5.41, 5.74) is 2.02. The Bertz CT molecular complexity index is 977. The molecule has 1 aliphatic rings. The van der Waals surface area contributed by atoms with E-state index in [2.05, 4.69) is 32.9 Å². The number of hydrogen-bond donors (Lipinski definition) is 0. The lowest BCUT2D eigenvalue weighted by atomic mass is 9.92. The third kappa shape index (κ3) is 5.40. The molecule has 5 heteroatoms. The lowest BCUT2D eigenvalue weighted by Gasteiger charge is -2.22.